The molecule has 84 valence electrons. The molecule has 0 aromatic carbocycles. The molecule has 15 heavy (non-hydrogen) atoms. The lowest BCUT2D eigenvalue weighted by molar-refractivity contribution is 0.254. The Bertz CT molecular complexity index is 322. The molecule has 1 heterocycles. The van der Waals surface area contributed by atoms with Crippen LogP contribution in [0.4, 0.5) is 15.7 Å². The number of urea groups is 1. The first-order valence-electron chi connectivity index (χ1n) is 4.90. The second-order valence-electron chi connectivity index (χ2n) is 2.89. The predicted octanol–water partition coefficient (Wildman–Crippen LogP) is 1.74. The first kappa shape index (κ1) is 11.8. The van der Waals surface area contributed by atoms with Crippen molar-refractivity contribution in [3.05, 3.63) is 5.38 Å². The van der Waals surface area contributed by atoms with Crippen molar-refractivity contribution in [3.63, 3.8) is 0 Å². The summed E-state index contributed by atoms with van der Waals surface area (Å²) in [5.74, 6) is 0.598. The molecule has 0 aliphatic rings. The Kier molecular flexibility index (Phi) is 4.36. The molecule has 0 atom stereocenters. The molecule has 0 unspecified atom stereocenters. The molecule has 1 aromatic rings. The van der Waals surface area contributed by atoms with Gasteiger partial charge in [-0.3, -0.25) is 5.32 Å². The number of anilines is 2. The van der Waals surface area contributed by atoms with Crippen LogP contribution in [0, 0.1) is 0 Å². The van der Waals surface area contributed by atoms with Crippen LogP contribution >= 0.6 is 11.3 Å². The van der Waals surface area contributed by atoms with E-state index < -0.39 is 0 Å². The van der Waals surface area contributed by atoms with Crippen LogP contribution in [0.3, 0.4) is 0 Å². The monoisotopic (exact) mass is 228 g/mol. The quantitative estimate of drug-likeness (QED) is 0.825. The third-order valence-electron chi connectivity index (χ3n) is 1.99. The van der Waals surface area contributed by atoms with Crippen LogP contribution in [0.1, 0.15) is 13.8 Å². The molecule has 5 nitrogen and oxygen atoms in total. The highest BCUT2D eigenvalue weighted by atomic mass is 32.1. The summed E-state index contributed by atoms with van der Waals surface area (Å²) in [5.41, 5.74) is 0. The Balaban J connectivity index is 2.67. The molecule has 6 heteroatoms. The number of nitrogens with zero attached hydrogens (tertiary/aromatic N) is 2. The lowest BCUT2D eigenvalue weighted by Crippen LogP contribution is -2.25. The number of amides is 2. The zero-order chi connectivity index (χ0) is 11.3. The second-order valence-corrected chi connectivity index (χ2v) is 3.73. The second kappa shape index (κ2) is 5.55. The zero-order valence-corrected chi connectivity index (χ0v) is 10.0. The maximum Gasteiger partial charge on any atom is 0.320 e. The standard InChI is InChI=1S/C9H16N4OS/c1-4-13(5-2)9-12-7(6-15-9)11-8(14)10-3/h6H,4-5H2,1-3H3,(H2,10,11,14). The zero-order valence-electron chi connectivity index (χ0n) is 9.20. The van der Waals surface area contributed by atoms with E-state index in [0.717, 1.165) is 18.2 Å². The number of aromatic nitrogens is 1. The third kappa shape index (κ3) is 3.09. The van der Waals surface area contributed by atoms with Gasteiger partial charge >= 0.3 is 6.03 Å². The van der Waals surface area contributed by atoms with Crippen molar-refractivity contribution < 1.29 is 4.79 Å². The van der Waals surface area contributed by atoms with Crippen LogP contribution < -0.4 is 15.5 Å². The molecule has 2 amide bonds. The summed E-state index contributed by atoms with van der Waals surface area (Å²) in [5, 5.41) is 7.89. The molecule has 1 aromatic heterocycles. The molecular formula is C9H16N4OS. The lowest BCUT2D eigenvalue weighted by atomic mass is 10.6. The number of thiazole rings is 1. The molecule has 0 aliphatic heterocycles. The highest BCUT2D eigenvalue weighted by Crippen LogP contribution is 2.22. The van der Waals surface area contributed by atoms with E-state index >= 15 is 0 Å². The predicted molar refractivity (Wildman–Crippen MR) is 63.8 cm³/mol. The fourth-order valence-corrected chi connectivity index (χ4v) is 2.03. The molecule has 1 rings (SSSR count). The fourth-order valence-electron chi connectivity index (χ4n) is 1.14. The molecule has 0 radical (unpaired) electrons. The van der Waals surface area contributed by atoms with E-state index in [1.807, 2.05) is 5.38 Å². The highest BCUT2D eigenvalue weighted by molar-refractivity contribution is 7.14. The van der Waals surface area contributed by atoms with Gasteiger partial charge in [0, 0.05) is 25.5 Å². The first-order valence-corrected chi connectivity index (χ1v) is 5.78. The Morgan fingerprint density at radius 2 is 2.20 bits per heavy atom. The molecule has 0 saturated carbocycles. The van der Waals surface area contributed by atoms with Gasteiger partial charge in [0.05, 0.1) is 0 Å². The molecule has 2 N–H and O–H groups in total. The fraction of sp³-hybridized carbons (Fsp3) is 0.556. The van der Waals surface area contributed by atoms with Gasteiger partial charge in [-0.1, -0.05) is 0 Å². The van der Waals surface area contributed by atoms with E-state index in [4.69, 9.17) is 0 Å². The number of carbonyl (C=O) groups is 1. The average Bonchev–Trinajstić information content (AvgIpc) is 2.68. The van der Waals surface area contributed by atoms with Crippen molar-refractivity contribution in [2.24, 2.45) is 0 Å². The van der Waals surface area contributed by atoms with Crippen LogP contribution in [0.5, 0.6) is 0 Å². The van der Waals surface area contributed by atoms with Crippen molar-refractivity contribution >= 4 is 28.3 Å². The average molecular weight is 228 g/mol. The summed E-state index contributed by atoms with van der Waals surface area (Å²) in [6, 6.07) is -0.244. The van der Waals surface area contributed by atoms with E-state index in [9.17, 15) is 4.79 Å². The smallest absolute Gasteiger partial charge is 0.320 e. The van der Waals surface area contributed by atoms with E-state index in [0.29, 0.717) is 5.82 Å². The van der Waals surface area contributed by atoms with Crippen LogP contribution in [-0.4, -0.2) is 31.2 Å². The summed E-state index contributed by atoms with van der Waals surface area (Å²) < 4.78 is 0. The molecule has 0 bridgehead atoms. The third-order valence-corrected chi connectivity index (χ3v) is 2.90. The van der Waals surface area contributed by atoms with E-state index in [2.05, 4.69) is 34.4 Å². The molecule has 0 fully saturated rings. The summed E-state index contributed by atoms with van der Waals surface area (Å²) >= 11 is 1.53. The van der Waals surface area contributed by atoms with Gasteiger partial charge < -0.3 is 10.2 Å². The minimum absolute atomic E-state index is 0.244. The number of hydrogen-bond donors (Lipinski definition) is 2. The minimum Gasteiger partial charge on any atom is -0.349 e. The van der Waals surface area contributed by atoms with E-state index in [1.54, 1.807) is 7.05 Å². The number of nitrogens with one attached hydrogen (secondary N) is 2. The van der Waals surface area contributed by atoms with Crippen LogP contribution in [-0.2, 0) is 0 Å². The van der Waals surface area contributed by atoms with Crippen molar-refractivity contribution in [2.75, 3.05) is 30.4 Å². The topological polar surface area (TPSA) is 57.3 Å². The Labute approximate surface area is 93.5 Å². The van der Waals surface area contributed by atoms with Crippen molar-refractivity contribution in [1.82, 2.24) is 10.3 Å². The van der Waals surface area contributed by atoms with Crippen LogP contribution in [0.25, 0.3) is 0 Å². The largest absolute Gasteiger partial charge is 0.349 e. The molecule has 0 spiro atoms. The minimum atomic E-state index is -0.244. The van der Waals surface area contributed by atoms with Gasteiger partial charge in [0.25, 0.3) is 0 Å². The SMILES string of the molecule is CCN(CC)c1nc(NC(=O)NC)cs1. The van der Waals surface area contributed by atoms with Crippen LogP contribution in [0.2, 0.25) is 0 Å². The van der Waals surface area contributed by atoms with Gasteiger partial charge in [0.2, 0.25) is 0 Å². The highest BCUT2D eigenvalue weighted by Gasteiger charge is 2.08. The Morgan fingerprint density at radius 1 is 1.53 bits per heavy atom. The van der Waals surface area contributed by atoms with Gasteiger partial charge in [-0.05, 0) is 13.8 Å². The number of carbonyl (C=O) groups excluding carboxylic acids is 1. The summed E-state index contributed by atoms with van der Waals surface area (Å²) in [6.45, 7) is 6.00. The van der Waals surface area contributed by atoms with Crippen molar-refractivity contribution in [1.29, 1.82) is 0 Å². The normalized spacial score (nSPS) is 9.80. The van der Waals surface area contributed by atoms with Gasteiger partial charge in [0.1, 0.15) is 5.82 Å². The maximum atomic E-state index is 11.0. The van der Waals surface area contributed by atoms with Crippen LogP contribution in [0.15, 0.2) is 5.38 Å². The Hall–Kier alpha value is -1.30. The summed E-state index contributed by atoms with van der Waals surface area (Å²) in [7, 11) is 1.58. The summed E-state index contributed by atoms with van der Waals surface area (Å²) in [4.78, 5) is 17.5. The lowest BCUT2D eigenvalue weighted by Gasteiger charge is -2.16. The van der Waals surface area contributed by atoms with Gasteiger partial charge in [-0.15, -0.1) is 11.3 Å². The molecular weight excluding hydrogens is 212 g/mol. The number of hydrogen-bond acceptors (Lipinski definition) is 4. The number of rotatable bonds is 4. The summed E-state index contributed by atoms with van der Waals surface area (Å²) in [6.07, 6.45) is 0. The van der Waals surface area contributed by atoms with E-state index in [1.165, 1.54) is 11.3 Å². The molecule has 0 saturated heterocycles. The first-order chi connectivity index (χ1) is 7.21. The maximum absolute atomic E-state index is 11.0. The van der Waals surface area contributed by atoms with Gasteiger partial charge in [0.15, 0.2) is 5.13 Å². The van der Waals surface area contributed by atoms with Gasteiger partial charge in [-0.25, -0.2) is 9.78 Å². The van der Waals surface area contributed by atoms with Gasteiger partial charge in [-0.2, -0.15) is 0 Å². The Morgan fingerprint density at radius 3 is 2.73 bits per heavy atom. The van der Waals surface area contributed by atoms with Crippen molar-refractivity contribution in [2.45, 2.75) is 13.8 Å². The van der Waals surface area contributed by atoms with E-state index in [-0.39, 0.29) is 6.03 Å². The molecule has 0 aliphatic carbocycles. The van der Waals surface area contributed by atoms with Crippen molar-refractivity contribution in [3.8, 4) is 0 Å².